The van der Waals surface area contributed by atoms with E-state index in [1.165, 1.54) is 11.1 Å². The Morgan fingerprint density at radius 3 is 2.79 bits per heavy atom. The van der Waals surface area contributed by atoms with Gasteiger partial charge in [-0.1, -0.05) is 26.0 Å². The first-order valence-electron chi connectivity index (χ1n) is 6.68. The molecule has 102 valence electrons. The molecule has 1 aromatic carbocycles. The van der Waals surface area contributed by atoms with Crippen molar-refractivity contribution < 1.29 is 4.74 Å². The van der Waals surface area contributed by atoms with Gasteiger partial charge in [0.2, 0.25) is 0 Å². The quantitative estimate of drug-likeness (QED) is 0.862. The van der Waals surface area contributed by atoms with Crippen LogP contribution in [0.4, 0.5) is 0 Å². The van der Waals surface area contributed by atoms with E-state index in [0.29, 0.717) is 6.04 Å². The van der Waals surface area contributed by atoms with Crippen molar-refractivity contribution in [1.29, 1.82) is 0 Å². The van der Waals surface area contributed by atoms with E-state index in [2.05, 4.69) is 54.3 Å². The highest BCUT2D eigenvalue weighted by Crippen LogP contribution is 2.14. The first-order chi connectivity index (χ1) is 9.17. The average Bonchev–Trinajstić information content (AvgIpc) is 2.84. The van der Waals surface area contributed by atoms with E-state index in [9.17, 15) is 0 Å². The van der Waals surface area contributed by atoms with Gasteiger partial charge >= 0.3 is 0 Å². The fourth-order valence-corrected chi connectivity index (χ4v) is 2.00. The maximum Gasteiger partial charge on any atom is 0.119 e. The molecule has 0 unspecified atom stereocenters. The van der Waals surface area contributed by atoms with Gasteiger partial charge in [-0.15, -0.1) is 0 Å². The minimum Gasteiger partial charge on any atom is -0.497 e. The Hall–Kier alpha value is -1.74. The monoisotopic (exact) mass is 258 g/mol. The van der Waals surface area contributed by atoms with Crippen molar-refractivity contribution in [3.8, 4) is 5.75 Å². The van der Waals surface area contributed by atoms with E-state index < -0.39 is 0 Å². The summed E-state index contributed by atoms with van der Waals surface area (Å²) in [6.45, 7) is 6.11. The number of nitrogens with one attached hydrogen (secondary N) is 1. The van der Waals surface area contributed by atoms with Gasteiger partial charge in [-0.05, 0) is 29.3 Å². The summed E-state index contributed by atoms with van der Waals surface area (Å²) in [5.41, 5.74) is 2.56. The van der Waals surface area contributed by atoms with Crippen LogP contribution in [0, 0.1) is 0 Å². The summed E-state index contributed by atoms with van der Waals surface area (Å²) in [7, 11) is 1.70. The Morgan fingerprint density at radius 1 is 1.21 bits per heavy atom. The lowest BCUT2D eigenvalue weighted by Gasteiger charge is -2.07. The third kappa shape index (κ3) is 4.14. The fraction of sp³-hybridized carbons (Fsp3) is 0.375. The highest BCUT2D eigenvalue weighted by Gasteiger charge is 2.00. The minimum atomic E-state index is 0.515. The fourth-order valence-electron chi connectivity index (χ4n) is 2.00. The molecule has 0 aliphatic heterocycles. The molecule has 2 aromatic rings. The lowest BCUT2D eigenvalue weighted by Crippen LogP contribution is -2.21. The number of aromatic nitrogens is 1. The summed E-state index contributed by atoms with van der Waals surface area (Å²) < 4.78 is 7.44. The normalized spacial score (nSPS) is 10.9. The molecule has 0 bridgehead atoms. The lowest BCUT2D eigenvalue weighted by molar-refractivity contribution is 0.414. The van der Waals surface area contributed by atoms with Crippen LogP contribution in [-0.2, 0) is 13.1 Å². The molecular weight excluding hydrogens is 236 g/mol. The Balaban J connectivity index is 1.99. The summed E-state index contributed by atoms with van der Waals surface area (Å²) in [4.78, 5) is 0. The van der Waals surface area contributed by atoms with Crippen LogP contribution in [0.3, 0.4) is 0 Å². The molecule has 0 saturated heterocycles. The van der Waals surface area contributed by atoms with E-state index in [4.69, 9.17) is 4.74 Å². The molecule has 0 fully saturated rings. The molecule has 0 aliphatic rings. The number of rotatable bonds is 6. The van der Waals surface area contributed by atoms with Gasteiger partial charge in [0.1, 0.15) is 5.75 Å². The van der Waals surface area contributed by atoms with Gasteiger partial charge in [-0.2, -0.15) is 0 Å². The second-order valence-corrected chi connectivity index (χ2v) is 5.08. The first-order valence-corrected chi connectivity index (χ1v) is 6.68. The number of hydrogen-bond acceptors (Lipinski definition) is 2. The van der Waals surface area contributed by atoms with Crippen molar-refractivity contribution in [2.45, 2.75) is 33.0 Å². The van der Waals surface area contributed by atoms with Crippen LogP contribution in [0.15, 0.2) is 42.7 Å². The lowest BCUT2D eigenvalue weighted by atomic mass is 10.2. The van der Waals surface area contributed by atoms with Gasteiger partial charge in [0, 0.05) is 31.5 Å². The molecule has 0 radical (unpaired) electrons. The second kappa shape index (κ2) is 6.43. The maximum atomic E-state index is 5.24. The summed E-state index contributed by atoms with van der Waals surface area (Å²) in [5.74, 6) is 0.909. The second-order valence-electron chi connectivity index (χ2n) is 5.08. The smallest absolute Gasteiger partial charge is 0.119 e. The molecular formula is C16H22N2O. The van der Waals surface area contributed by atoms with Gasteiger partial charge in [-0.3, -0.25) is 0 Å². The topological polar surface area (TPSA) is 26.2 Å². The van der Waals surface area contributed by atoms with Gasteiger partial charge in [0.05, 0.1) is 7.11 Å². The standard InChI is InChI=1S/C16H22N2O/c1-13(2)17-10-15-7-8-18(12-15)11-14-5-4-6-16(9-14)19-3/h4-9,12-13,17H,10-11H2,1-3H3. The molecule has 1 aromatic heterocycles. The van der Waals surface area contributed by atoms with Gasteiger partial charge in [0.15, 0.2) is 0 Å². The molecule has 0 atom stereocenters. The Kier molecular flexibility index (Phi) is 4.63. The summed E-state index contributed by atoms with van der Waals surface area (Å²) in [5, 5.41) is 3.42. The third-order valence-electron chi connectivity index (χ3n) is 3.03. The van der Waals surface area contributed by atoms with Gasteiger partial charge < -0.3 is 14.6 Å². The van der Waals surface area contributed by atoms with Crippen molar-refractivity contribution in [1.82, 2.24) is 9.88 Å². The maximum absolute atomic E-state index is 5.24. The summed E-state index contributed by atoms with van der Waals surface area (Å²) in [6, 6.07) is 10.9. The van der Waals surface area contributed by atoms with Crippen molar-refractivity contribution in [2.75, 3.05) is 7.11 Å². The zero-order chi connectivity index (χ0) is 13.7. The van der Waals surface area contributed by atoms with E-state index in [1.807, 2.05) is 12.1 Å². The number of benzene rings is 1. The largest absolute Gasteiger partial charge is 0.497 e. The molecule has 3 nitrogen and oxygen atoms in total. The van der Waals surface area contributed by atoms with Gasteiger partial charge in [-0.25, -0.2) is 0 Å². The average molecular weight is 258 g/mol. The van der Waals surface area contributed by atoms with Crippen LogP contribution in [0.2, 0.25) is 0 Å². The van der Waals surface area contributed by atoms with Crippen LogP contribution in [-0.4, -0.2) is 17.7 Å². The SMILES string of the molecule is COc1cccc(Cn2ccc(CNC(C)C)c2)c1. The number of ether oxygens (including phenoxy) is 1. The highest BCUT2D eigenvalue weighted by molar-refractivity contribution is 5.28. The Bertz CT molecular complexity index is 517. The Morgan fingerprint density at radius 2 is 2.05 bits per heavy atom. The molecule has 1 N–H and O–H groups in total. The van der Waals surface area contributed by atoms with Crippen molar-refractivity contribution in [3.05, 3.63) is 53.9 Å². The zero-order valence-electron chi connectivity index (χ0n) is 11.9. The molecule has 0 saturated carbocycles. The molecule has 19 heavy (non-hydrogen) atoms. The third-order valence-corrected chi connectivity index (χ3v) is 3.03. The van der Waals surface area contributed by atoms with Crippen molar-refractivity contribution in [3.63, 3.8) is 0 Å². The first kappa shape index (κ1) is 13.7. The van der Waals surface area contributed by atoms with Crippen LogP contribution >= 0.6 is 0 Å². The summed E-state index contributed by atoms with van der Waals surface area (Å²) >= 11 is 0. The van der Waals surface area contributed by atoms with Crippen LogP contribution in [0.1, 0.15) is 25.0 Å². The van der Waals surface area contributed by atoms with Crippen LogP contribution in [0.25, 0.3) is 0 Å². The van der Waals surface area contributed by atoms with Crippen molar-refractivity contribution >= 4 is 0 Å². The number of hydrogen-bond donors (Lipinski definition) is 1. The predicted octanol–water partition coefficient (Wildman–Crippen LogP) is 3.04. The van der Waals surface area contributed by atoms with E-state index in [-0.39, 0.29) is 0 Å². The number of methoxy groups -OCH3 is 1. The van der Waals surface area contributed by atoms with E-state index in [1.54, 1.807) is 7.11 Å². The molecule has 1 heterocycles. The van der Waals surface area contributed by atoms with E-state index >= 15 is 0 Å². The number of nitrogens with zero attached hydrogens (tertiary/aromatic N) is 1. The summed E-state index contributed by atoms with van der Waals surface area (Å²) in [6.07, 6.45) is 4.31. The highest BCUT2D eigenvalue weighted by atomic mass is 16.5. The molecule has 3 heteroatoms. The molecule has 0 aliphatic carbocycles. The van der Waals surface area contributed by atoms with E-state index in [0.717, 1.165) is 18.8 Å². The molecule has 2 rings (SSSR count). The van der Waals surface area contributed by atoms with Crippen LogP contribution in [0.5, 0.6) is 5.75 Å². The van der Waals surface area contributed by atoms with Crippen LogP contribution < -0.4 is 10.1 Å². The van der Waals surface area contributed by atoms with Crippen molar-refractivity contribution in [2.24, 2.45) is 0 Å². The zero-order valence-corrected chi connectivity index (χ0v) is 11.9. The minimum absolute atomic E-state index is 0.515. The predicted molar refractivity (Wildman–Crippen MR) is 78.5 cm³/mol. The van der Waals surface area contributed by atoms with Gasteiger partial charge in [0.25, 0.3) is 0 Å². The Labute approximate surface area is 115 Å². The molecule has 0 amide bonds. The molecule has 0 spiro atoms.